The van der Waals surface area contributed by atoms with Crippen molar-refractivity contribution < 1.29 is 4.79 Å². The van der Waals surface area contributed by atoms with Crippen LogP contribution in [0.1, 0.15) is 0 Å². The summed E-state index contributed by atoms with van der Waals surface area (Å²) in [5, 5.41) is 16.3. The van der Waals surface area contributed by atoms with Gasteiger partial charge >= 0.3 is 0 Å². The van der Waals surface area contributed by atoms with Crippen molar-refractivity contribution in [1.82, 2.24) is 10.6 Å². The van der Waals surface area contributed by atoms with Crippen LogP contribution in [0.2, 0.25) is 0 Å². The number of nitrogens with zero attached hydrogens (tertiary/aromatic N) is 1. The maximum absolute atomic E-state index is 11.3. The van der Waals surface area contributed by atoms with Crippen LogP contribution < -0.4 is 10.6 Å². The van der Waals surface area contributed by atoms with Crippen molar-refractivity contribution in [3.05, 3.63) is 11.5 Å². The van der Waals surface area contributed by atoms with Crippen LogP contribution in [-0.4, -0.2) is 31.3 Å². The highest BCUT2D eigenvalue weighted by atomic mass is 32.2. The number of thioether (sulfide) groups is 1. The first kappa shape index (κ1) is 11.1. The average molecular weight is 211 g/mol. The van der Waals surface area contributed by atoms with Gasteiger partial charge in [0.2, 0.25) is 5.91 Å². The molecule has 1 rings (SSSR count). The molecule has 1 saturated heterocycles. The standard InChI is InChI=1S/C9H13N3OS/c1-14-3-2-9(13)12-8-6-11-5-7(8)4-10/h2-3,7-8,11H,5-6H2,1H3,(H,12,13)/b3-2+. The van der Waals surface area contributed by atoms with Gasteiger partial charge in [0.25, 0.3) is 0 Å². The van der Waals surface area contributed by atoms with Gasteiger partial charge in [-0.05, 0) is 11.7 Å². The van der Waals surface area contributed by atoms with Gasteiger partial charge in [0.05, 0.1) is 18.0 Å². The molecule has 0 spiro atoms. The normalized spacial score (nSPS) is 26.3. The van der Waals surface area contributed by atoms with Crippen LogP contribution in [0.25, 0.3) is 0 Å². The Kier molecular flexibility index (Phi) is 4.50. The van der Waals surface area contributed by atoms with E-state index < -0.39 is 0 Å². The lowest BCUT2D eigenvalue weighted by molar-refractivity contribution is -0.117. The zero-order chi connectivity index (χ0) is 10.4. The number of rotatable bonds is 3. The summed E-state index contributed by atoms with van der Waals surface area (Å²) in [6.07, 6.45) is 3.37. The Morgan fingerprint density at radius 1 is 1.71 bits per heavy atom. The summed E-state index contributed by atoms with van der Waals surface area (Å²) < 4.78 is 0. The van der Waals surface area contributed by atoms with E-state index in [0.29, 0.717) is 13.1 Å². The first-order chi connectivity index (χ1) is 6.77. The van der Waals surface area contributed by atoms with Gasteiger partial charge in [-0.15, -0.1) is 11.8 Å². The third-order valence-electron chi connectivity index (χ3n) is 2.06. The molecule has 0 aromatic rings. The number of nitrogens with one attached hydrogen (secondary N) is 2. The first-order valence-electron chi connectivity index (χ1n) is 4.38. The Labute approximate surface area is 87.7 Å². The molecule has 1 heterocycles. The summed E-state index contributed by atoms with van der Waals surface area (Å²) in [5.74, 6) is -0.241. The highest BCUT2D eigenvalue weighted by Crippen LogP contribution is 2.07. The molecule has 0 aromatic carbocycles. The quantitative estimate of drug-likeness (QED) is 0.649. The Morgan fingerprint density at radius 3 is 3.14 bits per heavy atom. The predicted molar refractivity (Wildman–Crippen MR) is 56.6 cm³/mol. The molecule has 14 heavy (non-hydrogen) atoms. The topological polar surface area (TPSA) is 64.9 Å². The molecule has 1 fully saturated rings. The molecule has 2 unspecified atom stereocenters. The number of nitriles is 1. The smallest absolute Gasteiger partial charge is 0.244 e. The van der Waals surface area contributed by atoms with Crippen LogP contribution in [-0.2, 0) is 4.79 Å². The van der Waals surface area contributed by atoms with Gasteiger partial charge in [-0.2, -0.15) is 5.26 Å². The van der Waals surface area contributed by atoms with Crippen molar-refractivity contribution in [1.29, 1.82) is 5.26 Å². The van der Waals surface area contributed by atoms with Crippen LogP contribution in [0.3, 0.4) is 0 Å². The SMILES string of the molecule is CS/C=C/C(=O)NC1CNCC1C#N. The molecule has 2 atom stereocenters. The monoisotopic (exact) mass is 211 g/mol. The van der Waals surface area contributed by atoms with Crippen molar-refractivity contribution in [2.24, 2.45) is 5.92 Å². The van der Waals surface area contributed by atoms with E-state index in [4.69, 9.17) is 5.26 Å². The lowest BCUT2D eigenvalue weighted by Crippen LogP contribution is -2.39. The maximum Gasteiger partial charge on any atom is 0.244 e. The number of hydrogen-bond acceptors (Lipinski definition) is 4. The van der Waals surface area contributed by atoms with E-state index >= 15 is 0 Å². The van der Waals surface area contributed by atoms with Crippen molar-refractivity contribution in [2.45, 2.75) is 6.04 Å². The molecular formula is C9H13N3OS. The predicted octanol–water partition coefficient (Wildman–Crippen LogP) is 0.0909. The summed E-state index contributed by atoms with van der Waals surface area (Å²) in [6, 6.07) is 2.11. The minimum Gasteiger partial charge on any atom is -0.347 e. The van der Waals surface area contributed by atoms with E-state index in [1.54, 1.807) is 5.41 Å². The van der Waals surface area contributed by atoms with E-state index in [2.05, 4.69) is 16.7 Å². The summed E-state index contributed by atoms with van der Waals surface area (Å²) >= 11 is 1.47. The third-order valence-corrected chi connectivity index (χ3v) is 2.47. The van der Waals surface area contributed by atoms with Crippen molar-refractivity contribution >= 4 is 17.7 Å². The molecule has 1 aliphatic heterocycles. The largest absolute Gasteiger partial charge is 0.347 e. The number of hydrogen-bond donors (Lipinski definition) is 2. The molecular weight excluding hydrogens is 198 g/mol. The number of amides is 1. The molecule has 0 radical (unpaired) electrons. The summed E-state index contributed by atoms with van der Waals surface area (Å²) in [5.41, 5.74) is 0. The Bertz CT molecular complexity index is 272. The fourth-order valence-electron chi connectivity index (χ4n) is 1.33. The van der Waals surface area contributed by atoms with E-state index in [1.165, 1.54) is 17.8 Å². The average Bonchev–Trinajstić information content (AvgIpc) is 2.62. The van der Waals surface area contributed by atoms with E-state index in [0.717, 1.165) is 0 Å². The lowest BCUT2D eigenvalue weighted by Gasteiger charge is -2.12. The van der Waals surface area contributed by atoms with Crippen LogP contribution >= 0.6 is 11.8 Å². The molecule has 0 aliphatic carbocycles. The molecule has 0 saturated carbocycles. The molecule has 0 bridgehead atoms. The zero-order valence-corrected chi connectivity index (χ0v) is 8.80. The number of carbonyl (C=O) groups excluding carboxylic acids is 1. The van der Waals surface area contributed by atoms with Crippen LogP contribution in [0.4, 0.5) is 0 Å². The summed E-state index contributed by atoms with van der Waals surface area (Å²) in [4.78, 5) is 11.3. The Balaban J connectivity index is 2.40. The fourth-order valence-corrected chi connectivity index (χ4v) is 1.59. The van der Waals surface area contributed by atoms with Gasteiger partial charge in [-0.1, -0.05) is 0 Å². The van der Waals surface area contributed by atoms with Gasteiger partial charge in [0.1, 0.15) is 0 Å². The second kappa shape index (κ2) is 5.68. The molecule has 0 aromatic heterocycles. The Morgan fingerprint density at radius 2 is 2.50 bits per heavy atom. The first-order valence-corrected chi connectivity index (χ1v) is 5.67. The zero-order valence-electron chi connectivity index (χ0n) is 7.99. The van der Waals surface area contributed by atoms with Crippen LogP contribution in [0.15, 0.2) is 11.5 Å². The molecule has 2 N–H and O–H groups in total. The highest BCUT2D eigenvalue weighted by molar-refractivity contribution is 8.01. The van der Waals surface area contributed by atoms with Crippen LogP contribution in [0, 0.1) is 17.2 Å². The second-order valence-corrected chi connectivity index (χ2v) is 3.79. The maximum atomic E-state index is 11.3. The Hall–Kier alpha value is -0.990. The van der Waals surface area contributed by atoms with Gasteiger partial charge < -0.3 is 10.6 Å². The fraction of sp³-hybridized carbons (Fsp3) is 0.556. The molecule has 5 heteroatoms. The highest BCUT2D eigenvalue weighted by Gasteiger charge is 2.27. The summed E-state index contributed by atoms with van der Waals surface area (Å²) in [7, 11) is 0. The van der Waals surface area contributed by atoms with E-state index in [-0.39, 0.29) is 17.9 Å². The minimum atomic E-state index is -0.131. The number of carbonyl (C=O) groups is 1. The van der Waals surface area contributed by atoms with Crippen LogP contribution in [0.5, 0.6) is 0 Å². The molecule has 1 amide bonds. The third kappa shape index (κ3) is 3.05. The molecule has 1 aliphatic rings. The van der Waals surface area contributed by atoms with Crippen molar-refractivity contribution in [2.75, 3.05) is 19.3 Å². The van der Waals surface area contributed by atoms with E-state index in [1.807, 2.05) is 6.26 Å². The van der Waals surface area contributed by atoms with Gasteiger partial charge in [-0.25, -0.2) is 0 Å². The van der Waals surface area contributed by atoms with Crippen molar-refractivity contribution in [3.8, 4) is 6.07 Å². The van der Waals surface area contributed by atoms with Gasteiger partial charge in [0, 0.05) is 19.2 Å². The van der Waals surface area contributed by atoms with E-state index in [9.17, 15) is 4.79 Å². The minimum absolute atomic E-state index is 0.0565. The van der Waals surface area contributed by atoms with Gasteiger partial charge in [0.15, 0.2) is 0 Å². The van der Waals surface area contributed by atoms with Gasteiger partial charge in [-0.3, -0.25) is 4.79 Å². The molecule has 4 nitrogen and oxygen atoms in total. The lowest BCUT2D eigenvalue weighted by atomic mass is 10.1. The summed E-state index contributed by atoms with van der Waals surface area (Å²) in [6.45, 7) is 1.34. The molecule has 76 valence electrons. The van der Waals surface area contributed by atoms with Crippen molar-refractivity contribution in [3.63, 3.8) is 0 Å². The second-order valence-electron chi connectivity index (χ2n) is 3.05.